The second-order valence-electron chi connectivity index (χ2n) is 6.10. The van der Waals surface area contributed by atoms with Gasteiger partial charge in [0.15, 0.2) is 0 Å². The molecule has 0 atom stereocenters. The van der Waals surface area contributed by atoms with Crippen molar-refractivity contribution in [3.05, 3.63) is 34.6 Å². The molecule has 0 bridgehead atoms. The summed E-state index contributed by atoms with van der Waals surface area (Å²) in [4.78, 5) is 0. The van der Waals surface area contributed by atoms with Crippen LogP contribution in [0.1, 0.15) is 43.4 Å². The van der Waals surface area contributed by atoms with Gasteiger partial charge in [0.25, 0.3) is 0 Å². The third-order valence-electron chi connectivity index (χ3n) is 4.21. The van der Waals surface area contributed by atoms with Crippen LogP contribution < -0.4 is 5.32 Å². The second kappa shape index (κ2) is 5.40. The molecular formula is C16H24FN. The molecule has 0 aliphatic heterocycles. The molecule has 1 fully saturated rings. The molecule has 1 aliphatic rings. The zero-order chi connectivity index (χ0) is 13.3. The third-order valence-corrected chi connectivity index (χ3v) is 4.21. The van der Waals surface area contributed by atoms with Gasteiger partial charge in [-0.25, -0.2) is 4.39 Å². The number of halogens is 1. The predicted molar refractivity (Wildman–Crippen MR) is 74.1 cm³/mol. The van der Waals surface area contributed by atoms with Gasteiger partial charge in [-0.3, -0.25) is 0 Å². The summed E-state index contributed by atoms with van der Waals surface area (Å²) in [5.74, 6) is 1.62. The molecule has 0 unspecified atom stereocenters. The number of nitrogens with one attached hydrogen (secondary N) is 1. The van der Waals surface area contributed by atoms with Crippen LogP contribution in [0.5, 0.6) is 0 Å². The van der Waals surface area contributed by atoms with Gasteiger partial charge in [-0.05, 0) is 55.2 Å². The standard InChI is InChI=1S/C16H24FN/c1-10(2)14-7-15(8-14)18-9-13-5-11(3)16(17)12(4)6-13/h5-6,10,14-15,18H,7-9H2,1-4H3. The Hall–Kier alpha value is -0.890. The zero-order valence-electron chi connectivity index (χ0n) is 11.9. The number of hydrogen-bond donors (Lipinski definition) is 1. The maximum Gasteiger partial charge on any atom is 0.129 e. The van der Waals surface area contributed by atoms with Crippen LogP contribution in [-0.2, 0) is 6.54 Å². The number of rotatable bonds is 4. The topological polar surface area (TPSA) is 12.0 Å². The van der Waals surface area contributed by atoms with Crippen molar-refractivity contribution >= 4 is 0 Å². The fourth-order valence-corrected chi connectivity index (χ4v) is 2.77. The Balaban J connectivity index is 1.85. The summed E-state index contributed by atoms with van der Waals surface area (Å²) in [5, 5.41) is 3.57. The van der Waals surface area contributed by atoms with Crippen LogP contribution >= 0.6 is 0 Å². The quantitative estimate of drug-likeness (QED) is 0.851. The Kier molecular flexibility index (Phi) is 4.06. The van der Waals surface area contributed by atoms with Crippen LogP contribution in [-0.4, -0.2) is 6.04 Å². The minimum Gasteiger partial charge on any atom is -0.310 e. The van der Waals surface area contributed by atoms with Gasteiger partial charge in [0, 0.05) is 12.6 Å². The van der Waals surface area contributed by atoms with Crippen molar-refractivity contribution in [3.63, 3.8) is 0 Å². The third kappa shape index (κ3) is 2.92. The Morgan fingerprint density at radius 3 is 2.28 bits per heavy atom. The average Bonchev–Trinajstić information content (AvgIpc) is 2.23. The molecule has 0 radical (unpaired) electrons. The first-order chi connectivity index (χ1) is 8.47. The van der Waals surface area contributed by atoms with Crippen LogP contribution in [0, 0.1) is 31.5 Å². The molecule has 2 rings (SSSR count). The summed E-state index contributed by atoms with van der Waals surface area (Å²) < 4.78 is 13.5. The largest absolute Gasteiger partial charge is 0.310 e. The molecule has 0 spiro atoms. The van der Waals surface area contributed by atoms with Crippen LogP contribution in [0.3, 0.4) is 0 Å². The van der Waals surface area contributed by atoms with Gasteiger partial charge < -0.3 is 5.32 Å². The van der Waals surface area contributed by atoms with E-state index in [1.54, 1.807) is 0 Å². The summed E-state index contributed by atoms with van der Waals surface area (Å²) in [5.41, 5.74) is 2.69. The first kappa shape index (κ1) is 13.5. The van der Waals surface area contributed by atoms with E-state index in [9.17, 15) is 4.39 Å². The number of aryl methyl sites for hydroxylation is 2. The lowest BCUT2D eigenvalue weighted by atomic mass is 9.73. The lowest BCUT2D eigenvalue weighted by molar-refractivity contribution is 0.167. The van der Waals surface area contributed by atoms with E-state index in [1.165, 1.54) is 18.4 Å². The van der Waals surface area contributed by atoms with Gasteiger partial charge in [0.05, 0.1) is 0 Å². The highest BCUT2D eigenvalue weighted by Gasteiger charge is 2.30. The van der Waals surface area contributed by atoms with Crippen molar-refractivity contribution < 1.29 is 4.39 Å². The van der Waals surface area contributed by atoms with Crippen molar-refractivity contribution in [2.45, 2.75) is 53.1 Å². The van der Waals surface area contributed by atoms with Gasteiger partial charge >= 0.3 is 0 Å². The van der Waals surface area contributed by atoms with Crippen molar-refractivity contribution in [2.75, 3.05) is 0 Å². The van der Waals surface area contributed by atoms with E-state index in [2.05, 4.69) is 19.2 Å². The van der Waals surface area contributed by atoms with E-state index in [1.807, 2.05) is 26.0 Å². The fourth-order valence-electron chi connectivity index (χ4n) is 2.77. The minimum atomic E-state index is -0.0673. The molecule has 2 heteroatoms. The van der Waals surface area contributed by atoms with E-state index < -0.39 is 0 Å². The maximum atomic E-state index is 13.5. The second-order valence-corrected chi connectivity index (χ2v) is 6.10. The molecule has 18 heavy (non-hydrogen) atoms. The lowest BCUT2D eigenvalue weighted by Crippen LogP contribution is -2.42. The molecule has 1 saturated carbocycles. The van der Waals surface area contributed by atoms with E-state index >= 15 is 0 Å². The van der Waals surface area contributed by atoms with E-state index in [-0.39, 0.29) is 5.82 Å². The lowest BCUT2D eigenvalue weighted by Gasteiger charge is -2.38. The molecule has 0 aromatic heterocycles. The van der Waals surface area contributed by atoms with Crippen molar-refractivity contribution in [2.24, 2.45) is 11.8 Å². The smallest absolute Gasteiger partial charge is 0.129 e. The van der Waals surface area contributed by atoms with Gasteiger partial charge in [-0.15, -0.1) is 0 Å². The molecule has 1 N–H and O–H groups in total. The van der Waals surface area contributed by atoms with Gasteiger partial charge in [0.1, 0.15) is 5.82 Å². The first-order valence-electron chi connectivity index (χ1n) is 6.96. The normalized spacial score (nSPS) is 23.2. The van der Waals surface area contributed by atoms with Gasteiger partial charge in [-0.2, -0.15) is 0 Å². The monoisotopic (exact) mass is 249 g/mol. The Morgan fingerprint density at radius 1 is 1.22 bits per heavy atom. The van der Waals surface area contributed by atoms with Crippen LogP contribution in [0.25, 0.3) is 0 Å². The van der Waals surface area contributed by atoms with Crippen LogP contribution in [0.2, 0.25) is 0 Å². The number of benzene rings is 1. The molecule has 1 aromatic rings. The first-order valence-corrected chi connectivity index (χ1v) is 6.96. The summed E-state index contributed by atoms with van der Waals surface area (Å²) in [6.07, 6.45) is 2.58. The Bertz CT molecular complexity index is 396. The highest BCUT2D eigenvalue weighted by molar-refractivity contribution is 5.30. The van der Waals surface area contributed by atoms with Crippen molar-refractivity contribution in [1.82, 2.24) is 5.32 Å². The van der Waals surface area contributed by atoms with E-state index in [0.717, 1.165) is 29.5 Å². The summed E-state index contributed by atoms with van der Waals surface area (Å²) >= 11 is 0. The minimum absolute atomic E-state index is 0.0673. The molecule has 100 valence electrons. The van der Waals surface area contributed by atoms with Crippen LogP contribution in [0.15, 0.2) is 12.1 Å². The van der Waals surface area contributed by atoms with Crippen molar-refractivity contribution in [1.29, 1.82) is 0 Å². The molecule has 0 saturated heterocycles. The zero-order valence-corrected chi connectivity index (χ0v) is 11.9. The molecule has 0 amide bonds. The van der Waals surface area contributed by atoms with E-state index in [0.29, 0.717) is 6.04 Å². The molecule has 0 heterocycles. The summed E-state index contributed by atoms with van der Waals surface area (Å²) in [7, 11) is 0. The molecular weight excluding hydrogens is 225 g/mol. The Labute approximate surface area is 110 Å². The molecule has 1 nitrogen and oxygen atoms in total. The number of hydrogen-bond acceptors (Lipinski definition) is 1. The van der Waals surface area contributed by atoms with E-state index in [4.69, 9.17) is 0 Å². The predicted octanol–water partition coefficient (Wildman–Crippen LogP) is 3.97. The van der Waals surface area contributed by atoms with Gasteiger partial charge in [-0.1, -0.05) is 26.0 Å². The average molecular weight is 249 g/mol. The van der Waals surface area contributed by atoms with Crippen LogP contribution in [0.4, 0.5) is 4.39 Å². The maximum absolute atomic E-state index is 13.5. The highest BCUT2D eigenvalue weighted by atomic mass is 19.1. The SMILES string of the molecule is Cc1cc(CNC2CC(C(C)C)C2)cc(C)c1F. The molecule has 1 aromatic carbocycles. The van der Waals surface area contributed by atoms with Crippen molar-refractivity contribution in [3.8, 4) is 0 Å². The van der Waals surface area contributed by atoms with Gasteiger partial charge in [0.2, 0.25) is 0 Å². The highest BCUT2D eigenvalue weighted by Crippen LogP contribution is 2.33. The summed E-state index contributed by atoms with van der Waals surface area (Å²) in [6, 6.07) is 4.56. The molecule has 1 aliphatic carbocycles. The Morgan fingerprint density at radius 2 is 1.78 bits per heavy atom. The fraction of sp³-hybridized carbons (Fsp3) is 0.625. The summed E-state index contributed by atoms with van der Waals surface area (Å²) in [6.45, 7) is 9.13.